The Morgan fingerprint density at radius 2 is 2.09 bits per heavy atom. The van der Waals surface area contributed by atoms with E-state index in [1.807, 2.05) is 5.38 Å². The third-order valence-corrected chi connectivity index (χ3v) is 8.89. The van der Waals surface area contributed by atoms with Gasteiger partial charge < -0.3 is 20.5 Å². The molecular weight excluding hydrogens is 576 g/mol. The van der Waals surface area contributed by atoms with Gasteiger partial charge in [-0.15, -0.1) is 11.3 Å². The zero-order chi connectivity index (χ0) is 30.7. The lowest BCUT2D eigenvalue weighted by Gasteiger charge is -2.32. The Labute approximate surface area is 251 Å². The van der Waals surface area contributed by atoms with Crippen LogP contribution in [0.1, 0.15) is 60.7 Å². The van der Waals surface area contributed by atoms with Gasteiger partial charge in [0.15, 0.2) is 6.10 Å². The van der Waals surface area contributed by atoms with Crippen molar-refractivity contribution in [3.8, 4) is 17.3 Å². The number of H-pyrrole nitrogens is 1. The fourth-order valence-electron chi connectivity index (χ4n) is 5.29. The molecule has 0 radical (unpaired) electrons. The molecule has 1 fully saturated rings. The van der Waals surface area contributed by atoms with Gasteiger partial charge >= 0.3 is 12.4 Å². The third-order valence-electron chi connectivity index (χ3n) is 7.87. The Hall–Kier alpha value is -4.25. The molecule has 224 valence electrons. The van der Waals surface area contributed by atoms with Crippen LogP contribution in [0, 0.1) is 23.0 Å². The number of hydrogen-bond acceptors (Lipinski definition) is 8. The predicted octanol–water partition coefficient (Wildman–Crippen LogP) is 4.28. The minimum atomic E-state index is -1.97. The van der Waals surface area contributed by atoms with Gasteiger partial charge in [0.25, 0.3) is 5.82 Å². The Morgan fingerprint density at radius 1 is 1.33 bits per heavy atom. The number of carbonyl (C=O) groups excluding carboxylic acids is 1. The summed E-state index contributed by atoms with van der Waals surface area (Å²) in [5.74, 6) is -1.96. The fourth-order valence-corrected chi connectivity index (χ4v) is 6.26. The van der Waals surface area contributed by atoms with E-state index < -0.39 is 35.4 Å². The fraction of sp³-hybridized carbons (Fsp3) is 0.367. The van der Waals surface area contributed by atoms with Crippen molar-refractivity contribution in [2.45, 2.75) is 56.9 Å². The topological polar surface area (TPSA) is 145 Å². The molecule has 0 saturated carbocycles. The number of rotatable bonds is 9. The van der Waals surface area contributed by atoms with E-state index in [-0.39, 0.29) is 18.2 Å². The molecule has 0 aliphatic carbocycles. The molecule has 2 aromatic carbocycles. The lowest BCUT2D eigenvalue weighted by molar-refractivity contribution is -0.765. The summed E-state index contributed by atoms with van der Waals surface area (Å²) in [7, 11) is 0. The smallest absolute Gasteiger partial charge is 0.410 e. The van der Waals surface area contributed by atoms with E-state index in [0.29, 0.717) is 35.2 Å². The molecule has 3 heterocycles. The molecule has 1 unspecified atom stereocenters. The first-order chi connectivity index (χ1) is 20.6. The maximum absolute atomic E-state index is 15.2. The molecule has 10 nitrogen and oxygen atoms in total. The minimum Gasteiger partial charge on any atom is -0.436 e. The van der Waals surface area contributed by atoms with Gasteiger partial charge in [0.2, 0.25) is 0 Å². The van der Waals surface area contributed by atoms with Gasteiger partial charge in [-0.05, 0) is 55.1 Å². The molecule has 4 aromatic rings. The van der Waals surface area contributed by atoms with Gasteiger partial charge in [0.05, 0.1) is 22.3 Å². The number of nitriles is 1. The largest absolute Gasteiger partial charge is 0.436 e. The normalized spacial score (nSPS) is 17.7. The number of ether oxygens (including phenoxy) is 1. The Kier molecular flexibility index (Phi) is 8.82. The zero-order valence-electron chi connectivity index (χ0n) is 23.7. The predicted molar refractivity (Wildman–Crippen MR) is 153 cm³/mol. The minimum absolute atomic E-state index is 0.0674. The van der Waals surface area contributed by atoms with Gasteiger partial charge in [0, 0.05) is 41.6 Å². The molecule has 13 heteroatoms. The maximum Gasteiger partial charge on any atom is 0.410 e. The number of nitrogens with two attached hydrogens (primary N) is 1. The highest BCUT2D eigenvalue weighted by molar-refractivity contribution is 7.10. The summed E-state index contributed by atoms with van der Waals surface area (Å²) in [6.07, 6.45) is 1.84. The Balaban J connectivity index is 1.41. The van der Waals surface area contributed by atoms with E-state index in [0.717, 1.165) is 36.6 Å². The van der Waals surface area contributed by atoms with E-state index in [2.05, 4.69) is 16.2 Å². The number of aromatic amines is 1. The number of aromatic nitrogens is 4. The molecule has 4 N–H and O–H groups in total. The summed E-state index contributed by atoms with van der Waals surface area (Å²) in [5, 5.41) is 26.6. The van der Waals surface area contributed by atoms with E-state index in [1.54, 1.807) is 43.0 Å². The van der Waals surface area contributed by atoms with Crippen LogP contribution in [0.2, 0.25) is 0 Å². The highest BCUT2D eigenvalue weighted by Crippen LogP contribution is 2.41. The molecule has 0 bridgehead atoms. The summed E-state index contributed by atoms with van der Waals surface area (Å²) >= 11 is 1.28. The molecule has 4 atom stereocenters. The van der Waals surface area contributed by atoms with Crippen LogP contribution in [-0.4, -0.2) is 50.3 Å². The van der Waals surface area contributed by atoms with Crippen molar-refractivity contribution in [2.24, 2.45) is 5.73 Å². The SMILES string of the molecule is CC(OC(=O)N1CCC[C@H]1CN)c1nc[n+](C[C@](O)(c2cc(F)ccc2F)[C@@H](C)c2nc(-c3ccc(C#N)cc3)cs2)[nH]1. The third kappa shape index (κ3) is 6.27. The van der Waals surface area contributed by atoms with Gasteiger partial charge in [-0.1, -0.05) is 19.1 Å². The summed E-state index contributed by atoms with van der Waals surface area (Å²) in [4.78, 5) is 23.4. The maximum atomic E-state index is 15.2. The molecule has 1 amide bonds. The first-order valence-corrected chi connectivity index (χ1v) is 14.8. The summed E-state index contributed by atoms with van der Waals surface area (Å²) < 4.78 is 36.6. The standard InChI is InChI=1S/C30H31F2N7O3S/c1-18(28-36-26(15-43-28)21-7-5-20(13-33)6-8-21)30(41,24-12-22(31)9-10-25(24)32)16-38-17-35-27(37-38)19(2)42-29(40)39-11-3-4-23(39)14-34/h5-10,12,15,17-19,23,41H,3-4,11,14,16,34H2,1-2H3/p+1/t18-,19?,23-,30+/m0/s1. The van der Waals surface area contributed by atoms with Crippen LogP contribution < -0.4 is 10.4 Å². The number of aliphatic hydroxyl groups is 1. The van der Waals surface area contributed by atoms with Crippen molar-refractivity contribution in [1.82, 2.24) is 20.0 Å². The van der Waals surface area contributed by atoms with Gasteiger partial charge in [-0.25, -0.2) is 18.6 Å². The lowest BCUT2D eigenvalue weighted by Crippen LogP contribution is -2.50. The second-order valence-corrected chi connectivity index (χ2v) is 11.5. The van der Waals surface area contributed by atoms with Crippen LogP contribution in [0.15, 0.2) is 54.2 Å². The van der Waals surface area contributed by atoms with E-state index in [1.165, 1.54) is 22.3 Å². The van der Waals surface area contributed by atoms with Crippen LogP contribution in [0.5, 0.6) is 0 Å². The second kappa shape index (κ2) is 12.5. The van der Waals surface area contributed by atoms with Crippen LogP contribution in [0.4, 0.5) is 13.6 Å². The summed E-state index contributed by atoms with van der Waals surface area (Å²) in [6, 6.07) is 11.9. The van der Waals surface area contributed by atoms with Crippen molar-refractivity contribution in [2.75, 3.05) is 13.1 Å². The van der Waals surface area contributed by atoms with Crippen molar-refractivity contribution >= 4 is 17.4 Å². The first-order valence-electron chi connectivity index (χ1n) is 13.9. The van der Waals surface area contributed by atoms with Crippen LogP contribution in [0.3, 0.4) is 0 Å². The molecule has 43 heavy (non-hydrogen) atoms. The van der Waals surface area contributed by atoms with Crippen molar-refractivity contribution in [1.29, 1.82) is 5.26 Å². The molecule has 1 saturated heterocycles. The number of carbonyl (C=O) groups is 1. The van der Waals surface area contributed by atoms with Crippen LogP contribution >= 0.6 is 11.3 Å². The molecule has 2 aromatic heterocycles. The average molecular weight is 609 g/mol. The number of thiazole rings is 1. The molecular formula is C30H32F2N7O3S+. The van der Waals surface area contributed by atoms with Crippen molar-refractivity contribution < 1.29 is 28.1 Å². The Morgan fingerprint density at radius 3 is 2.81 bits per heavy atom. The number of nitrogens with zero attached hydrogens (tertiary/aromatic N) is 5. The van der Waals surface area contributed by atoms with Crippen LogP contribution in [-0.2, 0) is 16.9 Å². The number of halogens is 2. The molecule has 1 aliphatic rings. The quantitative estimate of drug-likeness (QED) is 0.241. The molecule has 5 rings (SSSR count). The molecule has 1 aliphatic heterocycles. The monoisotopic (exact) mass is 608 g/mol. The Bertz CT molecular complexity index is 1640. The number of likely N-dealkylation sites (tertiary alicyclic amines) is 1. The van der Waals surface area contributed by atoms with Crippen molar-refractivity contribution in [3.05, 3.63) is 87.8 Å². The van der Waals surface area contributed by atoms with Gasteiger partial charge in [-0.2, -0.15) is 15.0 Å². The average Bonchev–Trinajstić information content (AvgIpc) is 3.79. The zero-order valence-corrected chi connectivity index (χ0v) is 24.5. The highest BCUT2D eigenvalue weighted by Gasteiger charge is 2.44. The second-order valence-electron chi connectivity index (χ2n) is 10.7. The first kappa shape index (κ1) is 30.2. The number of nitrogens with one attached hydrogen (secondary N) is 1. The van der Waals surface area contributed by atoms with E-state index in [9.17, 15) is 14.3 Å². The van der Waals surface area contributed by atoms with Crippen LogP contribution in [0.25, 0.3) is 11.3 Å². The summed E-state index contributed by atoms with van der Waals surface area (Å²) in [5.41, 5.74) is 5.49. The molecule has 0 spiro atoms. The summed E-state index contributed by atoms with van der Waals surface area (Å²) in [6.45, 7) is 4.04. The number of amides is 1. The lowest BCUT2D eigenvalue weighted by atomic mass is 9.82. The van der Waals surface area contributed by atoms with Gasteiger partial charge in [-0.3, -0.25) is 0 Å². The number of benzene rings is 2. The highest BCUT2D eigenvalue weighted by atomic mass is 32.1. The van der Waals surface area contributed by atoms with Crippen molar-refractivity contribution in [3.63, 3.8) is 0 Å². The van der Waals surface area contributed by atoms with E-state index >= 15 is 4.39 Å². The van der Waals surface area contributed by atoms with Gasteiger partial charge in [0.1, 0.15) is 23.8 Å². The number of hydrogen-bond donors (Lipinski definition) is 3. The van der Waals surface area contributed by atoms with E-state index in [4.69, 9.17) is 20.7 Å².